The summed E-state index contributed by atoms with van der Waals surface area (Å²) in [6, 6.07) is 1.72. The zero-order valence-electron chi connectivity index (χ0n) is 11.9. The van der Waals surface area contributed by atoms with Gasteiger partial charge in [0.1, 0.15) is 0 Å². The van der Waals surface area contributed by atoms with Crippen LogP contribution >= 0.6 is 11.6 Å². The Hall–Kier alpha value is -0.910. The number of hydrogen-bond acceptors (Lipinski definition) is 0. The van der Waals surface area contributed by atoms with E-state index in [1.54, 1.807) is 19.9 Å². The van der Waals surface area contributed by atoms with Crippen molar-refractivity contribution >= 4 is 11.6 Å². The van der Waals surface area contributed by atoms with E-state index in [1.165, 1.54) is 13.8 Å². The second kappa shape index (κ2) is 5.71. The van der Waals surface area contributed by atoms with E-state index < -0.39 is 23.6 Å². The molecule has 0 fully saturated rings. The Balaban J connectivity index is 3.52. The van der Waals surface area contributed by atoms with Crippen molar-refractivity contribution in [3.63, 3.8) is 0 Å². The van der Waals surface area contributed by atoms with Gasteiger partial charge >= 0.3 is 12.4 Å². The van der Waals surface area contributed by atoms with Crippen molar-refractivity contribution in [1.29, 1.82) is 0 Å². The smallest absolute Gasteiger partial charge is 0.170 e. The van der Waals surface area contributed by atoms with Gasteiger partial charge in [-0.2, -0.15) is 26.3 Å². The van der Waals surface area contributed by atoms with Crippen molar-refractivity contribution in [2.45, 2.75) is 45.4 Å². The van der Waals surface area contributed by atoms with Gasteiger partial charge in [0.15, 0.2) is 5.92 Å². The molecule has 0 radical (unpaired) electrons. The molecule has 120 valence electrons. The number of hydrogen-bond donors (Lipinski definition) is 0. The SMILES string of the molecule is Cc1cc(C)c(C)c(C(Cl)C(C(F)(F)F)C(F)(F)F)c1C. The van der Waals surface area contributed by atoms with Crippen LogP contribution in [0.2, 0.25) is 0 Å². The quantitative estimate of drug-likeness (QED) is 0.464. The molecule has 1 atom stereocenters. The van der Waals surface area contributed by atoms with Gasteiger partial charge in [-0.15, -0.1) is 11.6 Å². The van der Waals surface area contributed by atoms with Crippen molar-refractivity contribution in [2.75, 3.05) is 0 Å². The van der Waals surface area contributed by atoms with E-state index >= 15 is 0 Å². The van der Waals surface area contributed by atoms with Crippen LogP contribution in [-0.2, 0) is 0 Å². The van der Waals surface area contributed by atoms with Gasteiger partial charge in [0.05, 0.1) is 5.38 Å². The first kappa shape index (κ1) is 18.1. The first-order valence-corrected chi connectivity index (χ1v) is 6.57. The van der Waals surface area contributed by atoms with E-state index in [2.05, 4.69) is 0 Å². The molecule has 1 unspecified atom stereocenters. The van der Waals surface area contributed by atoms with Crippen LogP contribution in [0.4, 0.5) is 26.3 Å². The largest absolute Gasteiger partial charge is 0.402 e. The van der Waals surface area contributed by atoms with Crippen LogP contribution in [-0.4, -0.2) is 12.4 Å². The summed E-state index contributed by atoms with van der Waals surface area (Å²) in [7, 11) is 0. The highest BCUT2D eigenvalue weighted by Gasteiger charge is 2.60. The van der Waals surface area contributed by atoms with Crippen molar-refractivity contribution < 1.29 is 26.3 Å². The summed E-state index contributed by atoms with van der Waals surface area (Å²) in [4.78, 5) is 0. The van der Waals surface area contributed by atoms with E-state index in [1.807, 2.05) is 0 Å². The summed E-state index contributed by atoms with van der Waals surface area (Å²) < 4.78 is 76.9. The van der Waals surface area contributed by atoms with Crippen LogP contribution < -0.4 is 0 Å². The Morgan fingerprint density at radius 2 is 1.14 bits per heavy atom. The molecular formula is C14H15ClF6. The maximum Gasteiger partial charge on any atom is 0.402 e. The number of alkyl halides is 7. The Labute approximate surface area is 124 Å². The fraction of sp³-hybridized carbons (Fsp3) is 0.571. The highest BCUT2D eigenvalue weighted by atomic mass is 35.5. The molecule has 0 spiro atoms. The van der Waals surface area contributed by atoms with Crippen LogP contribution in [0.1, 0.15) is 33.2 Å². The lowest BCUT2D eigenvalue weighted by Gasteiger charge is -2.29. The van der Waals surface area contributed by atoms with E-state index in [9.17, 15) is 26.3 Å². The highest BCUT2D eigenvalue weighted by molar-refractivity contribution is 6.21. The minimum atomic E-state index is -5.46. The fourth-order valence-corrected chi connectivity index (χ4v) is 2.96. The summed E-state index contributed by atoms with van der Waals surface area (Å²) >= 11 is 5.66. The lowest BCUT2D eigenvalue weighted by molar-refractivity contribution is -0.284. The molecule has 0 bridgehead atoms. The predicted molar refractivity (Wildman–Crippen MR) is 69.6 cm³/mol. The summed E-state index contributed by atoms with van der Waals surface area (Å²) in [5.41, 5.74) is 1.85. The van der Waals surface area contributed by atoms with Gasteiger partial charge in [-0.1, -0.05) is 6.07 Å². The molecule has 0 aliphatic heterocycles. The molecule has 21 heavy (non-hydrogen) atoms. The van der Waals surface area contributed by atoms with Gasteiger partial charge in [-0.3, -0.25) is 0 Å². The Kier molecular flexibility index (Phi) is 4.93. The second-order valence-corrected chi connectivity index (χ2v) is 5.61. The third-order valence-electron chi connectivity index (χ3n) is 3.70. The number of rotatable bonds is 2. The van der Waals surface area contributed by atoms with Crippen molar-refractivity contribution in [2.24, 2.45) is 5.92 Å². The monoisotopic (exact) mass is 332 g/mol. The molecule has 0 heterocycles. The third-order valence-corrected chi connectivity index (χ3v) is 4.17. The summed E-state index contributed by atoms with van der Waals surface area (Å²) in [5.74, 6) is -3.59. The maximum atomic E-state index is 12.8. The number of aryl methyl sites for hydroxylation is 2. The highest BCUT2D eigenvalue weighted by Crippen LogP contribution is 2.50. The Morgan fingerprint density at radius 3 is 1.43 bits per heavy atom. The fourth-order valence-electron chi connectivity index (χ4n) is 2.35. The first-order chi connectivity index (χ1) is 9.28. The zero-order chi connectivity index (χ0) is 16.7. The van der Waals surface area contributed by atoms with Gasteiger partial charge in [0.2, 0.25) is 0 Å². The van der Waals surface area contributed by atoms with Gasteiger partial charge in [-0.25, -0.2) is 0 Å². The average Bonchev–Trinajstić information content (AvgIpc) is 2.22. The molecule has 7 heteroatoms. The normalized spacial score (nSPS) is 14.7. The van der Waals surface area contributed by atoms with Crippen LogP contribution in [0.5, 0.6) is 0 Å². The molecule has 1 aromatic carbocycles. The minimum absolute atomic E-state index is 0.0891. The number of benzene rings is 1. The molecule has 0 aliphatic rings. The Morgan fingerprint density at radius 1 is 0.810 bits per heavy atom. The van der Waals surface area contributed by atoms with Crippen LogP contribution in [0, 0.1) is 33.6 Å². The van der Waals surface area contributed by atoms with E-state index in [4.69, 9.17) is 11.6 Å². The van der Waals surface area contributed by atoms with E-state index in [0.717, 1.165) is 0 Å². The molecule has 0 aliphatic carbocycles. The summed E-state index contributed by atoms with van der Waals surface area (Å²) in [6.45, 7) is 6.22. The Bertz CT molecular complexity index is 489. The molecule has 0 saturated carbocycles. The molecule has 0 aromatic heterocycles. The van der Waals surface area contributed by atoms with Crippen LogP contribution in [0.25, 0.3) is 0 Å². The van der Waals surface area contributed by atoms with Crippen LogP contribution in [0.15, 0.2) is 6.07 Å². The van der Waals surface area contributed by atoms with Gasteiger partial charge in [-0.05, 0) is 55.5 Å². The minimum Gasteiger partial charge on any atom is -0.170 e. The molecule has 0 N–H and O–H groups in total. The maximum absolute atomic E-state index is 12.8. The average molecular weight is 333 g/mol. The third kappa shape index (κ3) is 3.65. The van der Waals surface area contributed by atoms with Crippen LogP contribution in [0.3, 0.4) is 0 Å². The van der Waals surface area contributed by atoms with E-state index in [0.29, 0.717) is 22.3 Å². The molecule has 0 amide bonds. The zero-order valence-corrected chi connectivity index (χ0v) is 12.6. The second-order valence-electron chi connectivity index (χ2n) is 5.14. The standard InChI is InChI=1S/C14H15ClF6/c1-6-5-7(2)9(4)10(8(6)3)11(15)12(13(16,17)18)14(19,20)21/h5,11-12H,1-4H3. The van der Waals surface area contributed by atoms with Gasteiger partial charge in [0, 0.05) is 0 Å². The topological polar surface area (TPSA) is 0 Å². The number of halogens is 7. The lowest BCUT2D eigenvalue weighted by Crippen LogP contribution is -2.39. The molecule has 1 rings (SSSR count). The van der Waals surface area contributed by atoms with Gasteiger partial charge < -0.3 is 0 Å². The van der Waals surface area contributed by atoms with Crippen molar-refractivity contribution in [1.82, 2.24) is 0 Å². The lowest BCUT2D eigenvalue weighted by atomic mass is 9.87. The molecule has 0 saturated heterocycles. The van der Waals surface area contributed by atoms with E-state index in [-0.39, 0.29) is 5.56 Å². The van der Waals surface area contributed by atoms with Crippen molar-refractivity contribution in [3.8, 4) is 0 Å². The summed E-state index contributed by atoms with van der Waals surface area (Å²) in [6.07, 6.45) is -10.9. The summed E-state index contributed by atoms with van der Waals surface area (Å²) in [5, 5.41) is -2.20. The first-order valence-electron chi connectivity index (χ1n) is 6.13. The van der Waals surface area contributed by atoms with Gasteiger partial charge in [0.25, 0.3) is 0 Å². The molecule has 1 aromatic rings. The van der Waals surface area contributed by atoms with Crippen molar-refractivity contribution in [3.05, 3.63) is 33.9 Å². The molecule has 0 nitrogen and oxygen atoms in total. The predicted octanol–water partition coefficient (Wildman–Crippen LogP) is 5.94. The molecular weight excluding hydrogens is 318 g/mol.